The second-order valence-electron chi connectivity index (χ2n) is 8.55. The zero-order chi connectivity index (χ0) is 24.0. The minimum atomic E-state index is -0.885. The van der Waals surface area contributed by atoms with E-state index in [1.165, 1.54) is 13.4 Å². The number of carbonyl (C=O) groups is 2. The summed E-state index contributed by atoms with van der Waals surface area (Å²) >= 11 is 6.42. The molecule has 2 aliphatic rings. The highest BCUT2D eigenvalue weighted by Crippen LogP contribution is 2.46. The molecule has 0 fully saturated rings. The minimum Gasteiger partial charge on any atom is -0.466 e. The highest BCUT2D eigenvalue weighted by atomic mass is 35.5. The van der Waals surface area contributed by atoms with Crippen LogP contribution < -0.4 is 10.7 Å². The van der Waals surface area contributed by atoms with Crippen molar-refractivity contribution in [1.82, 2.24) is 5.32 Å². The van der Waals surface area contributed by atoms with Gasteiger partial charge in [-0.3, -0.25) is 9.59 Å². The van der Waals surface area contributed by atoms with Crippen LogP contribution in [-0.4, -0.2) is 18.9 Å². The summed E-state index contributed by atoms with van der Waals surface area (Å²) in [6.07, 6.45) is 2.09. The van der Waals surface area contributed by atoms with Gasteiger partial charge in [-0.2, -0.15) is 0 Å². The molecule has 3 aromatic rings. The molecule has 7 heteroatoms. The second kappa shape index (κ2) is 8.61. The molecule has 0 spiro atoms. The highest BCUT2D eigenvalue weighted by Gasteiger charge is 2.42. The monoisotopic (exact) mass is 475 g/mol. The van der Waals surface area contributed by atoms with E-state index in [0.717, 1.165) is 5.56 Å². The van der Waals surface area contributed by atoms with Crippen LogP contribution in [0.15, 0.2) is 86.5 Å². The number of para-hydroxylation sites is 1. The Balaban J connectivity index is 1.69. The molecular weight excluding hydrogens is 454 g/mol. The van der Waals surface area contributed by atoms with Crippen molar-refractivity contribution in [2.45, 2.75) is 31.6 Å². The molecule has 172 valence electrons. The molecule has 2 heterocycles. The van der Waals surface area contributed by atoms with Crippen LogP contribution in [0, 0.1) is 0 Å². The van der Waals surface area contributed by atoms with E-state index < -0.39 is 11.9 Å². The van der Waals surface area contributed by atoms with Gasteiger partial charge in [0, 0.05) is 34.0 Å². The van der Waals surface area contributed by atoms with Crippen LogP contribution in [0.1, 0.15) is 42.7 Å². The number of hydrogen-bond acceptors (Lipinski definition) is 6. The van der Waals surface area contributed by atoms with Crippen LogP contribution >= 0.6 is 11.6 Å². The van der Waals surface area contributed by atoms with Crippen LogP contribution in [0.25, 0.3) is 11.0 Å². The van der Waals surface area contributed by atoms with Crippen molar-refractivity contribution < 1.29 is 18.7 Å². The molecule has 1 aliphatic carbocycles. The molecule has 0 bridgehead atoms. The molecule has 1 N–H and O–H groups in total. The van der Waals surface area contributed by atoms with Gasteiger partial charge >= 0.3 is 5.97 Å². The van der Waals surface area contributed by atoms with Crippen molar-refractivity contribution in [3.05, 3.63) is 104 Å². The first kappa shape index (κ1) is 22.2. The van der Waals surface area contributed by atoms with E-state index in [1.807, 2.05) is 24.3 Å². The van der Waals surface area contributed by atoms with Gasteiger partial charge in [-0.1, -0.05) is 41.9 Å². The van der Waals surface area contributed by atoms with Crippen molar-refractivity contribution in [2.24, 2.45) is 0 Å². The van der Waals surface area contributed by atoms with Gasteiger partial charge < -0.3 is 14.5 Å². The Hall–Kier alpha value is -3.64. The fourth-order valence-corrected chi connectivity index (χ4v) is 5.34. The Morgan fingerprint density at radius 3 is 2.56 bits per heavy atom. The number of ether oxygens (including phenoxy) is 1. The minimum absolute atomic E-state index is 0.117. The predicted molar refractivity (Wildman–Crippen MR) is 129 cm³/mol. The van der Waals surface area contributed by atoms with Crippen molar-refractivity contribution >= 4 is 34.3 Å². The zero-order valence-electron chi connectivity index (χ0n) is 18.7. The zero-order valence-corrected chi connectivity index (χ0v) is 19.4. The Morgan fingerprint density at radius 1 is 1.06 bits per heavy atom. The molecule has 1 aliphatic heterocycles. The van der Waals surface area contributed by atoms with E-state index in [1.54, 1.807) is 31.2 Å². The van der Waals surface area contributed by atoms with Crippen LogP contribution in [0.5, 0.6) is 0 Å². The van der Waals surface area contributed by atoms with Gasteiger partial charge in [-0.15, -0.1) is 0 Å². The van der Waals surface area contributed by atoms with Gasteiger partial charge in [0.25, 0.3) is 0 Å². The molecule has 5 rings (SSSR count). The summed E-state index contributed by atoms with van der Waals surface area (Å²) in [5.74, 6) is -1.75. The number of methoxy groups -OCH3 is 1. The van der Waals surface area contributed by atoms with E-state index in [4.69, 9.17) is 20.8 Å². The average molecular weight is 476 g/mol. The van der Waals surface area contributed by atoms with Gasteiger partial charge in [0.2, 0.25) is 0 Å². The molecular formula is C27H22ClNO5. The lowest BCUT2D eigenvalue weighted by molar-refractivity contribution is -0.136. The quantitative estimate of drug-likeness (QED) is 0.538. The number of Topliss-reactive ketones (excluding diaryl/α,β-unsaturated/α-hetero) is 1. The number of hydrogen-bond donors (Lipinski definition) is 1. The number of halogens is 1. The summed E-state index contributed by atoms with van der Waals surface area (Å²) in [5.41, 5.74) is 3.14. The average Bonchev–Trinajstić information content (AvgIpc) is 2.83. The number of benzene rings is 2. The largest absolute Gasteiger partial charge is 0.466 e. The number of allylic oxidation sites excluding steroid dienone is 3. The summed E-state index contributed by atoms with van der Waals surface area (Å²) in [4.78, 5) is 39.9. The number of nitrogens with one attached hydrogen (secondary N) is 1. The van der Waals surface area contributed by atoms with Crippen molar-refractivity contribution in [3.8, 4) is 0 Å². The van der Waals surface area contributed by atoms with Crippen LogP contribution in [0.4, 0.5) is 0 Å². The molecule has 0 unspecified atom stereocenters. The lowest BCUT2D eigenvalue weighted by Crippen LogP contribution is -2.37. The molecule has 0 saturated heterocycles. The number of fused-ring (bicyclic) bond motifs is 1. The van der Waals surface area contributed by atoms with E-state index in [2.05, 4.69) is 5.32 Å². The number of ketones is 1. The number of rotatable bonds is 3. The summed E-state index contributed by atoms with van der Waals surface area (Å²) in [5, 5.41) is 4.25. The van der Waals surface area contributed by atoms with Crippen LogP contribution in [0.2, 0.25) is 5.02 Å². The predicted octanol–water partition coefficient (Wildman–Crippen LogP) is 4.98. The van der Waals surface area contributed by atoms with E-state index >= 15 is 0 Å². The molecule has 0 radical (unpaired) electrons. The third kappa shape index (κ3) is 3.55. The molecule has 34 heavy (non-hydrogen) atoms. The summed E-state index contributed by atoms with van der Waals surface area (Å²) < 4.78 is 10.8. The molecule has 2 atom stereocenters. The fraction of sp³-hybridized carbons (Fsp3) is 0.222. The SMILES string of the molecule is COC(=O)C1=C(C)NC2=C(C(=O)C[C@H](c3ccccc3Cl)C2)[C@H]1c1coc2ccccc2c1=O. The van der Waals surface area contributed by atoms with E-state index in [-0.39, 0.29) is 34.7 Å². The number of carbonyl (C=O) groups excluding carboxylic acids is 2. The van der Waals surface area contributed by atoms with Gasteiger partial charge in [0.15, 0.2) is 11.2 Å². The molecule has 2 aromatic carbocycles. The Kier molecular flexibility index (Phi) is 5.62. The van der Waals surface area contributed by atoms with E-state index in [9.17, 15) is 14.4 Å². The van der Waals surface area contributed by atoms with Crippen molar-refractivity contribution in [2.75, 3.05) is 7.11 Å². The first-order chi connectivity index (χ1) is 16.4. The second-order valence-corrected chi connectivity index (χ2v) is 8.95. The summed E-state index contributed by atoms with van der Waals surface area (Å²) in [6.45, 7) is 1.75. The van der Waals surface area contributed by atoms with E-state index in [0.29, 0.717) is 39.4 Å². The van der Waals surface area contributed by atoms with Crippen molar-refractivity contribution in [3.63, 3.8) is 0 Å². The fourth-order valence-electron chi connectivity index (χ4n) is 5.05. The normalized spacial score (nSPS) is 20.3. The summed E-state index contributed by atoms with van der Waals surface area (Å²) in [7, 11) is 1.28. The molecule has 6 nitrogen and oxygen atoms in total. The lowest BCUT2D eigenvalue weighted by Gasteiger charge is -2.36. The van der Waals surface area contributed by atoms with Gasteiger partial charge in [-0.25, -0.2) is 4.79 Å². The smallest absolute Gasteiger partial charge is 0.336 e. The Morgan fingerprint density at radius 2 is 1.79 bits per heavy atom. The third-order valence-corrected chi connectivity index (χ3v) is 6.94. The summed E-state index contributed by atoms with van der Waals surface area (Å²) in [6, 6.07) is 14.4. The Bertz CT molecular complexity index is 1470. The van der Waals surface area contributed by atoms with Crippen LogP contribution in [0.3, 0.4) is 0 Å². The number of esters is 1. The topological polar surface area (TPSA) is 85.6 Å². The maximum absolute atomic E-state index is 13.6. The Labute approximate surface area is 200 Å². The van der Waals surface area contributed by atoms with Gasteiger partial charge in [0.05, 0.1) is 30.3 Å². The van der Waals surface area contributed by atoms with Gasteiger partial charge in [0.1, 0.15) is 5.58 Å². The highest BCUT2D eigenvalue weighted by molar-refractivity contribution is 6.31. The molecule has 0 amide bonds. The number of dihydropyridines is 1. The van der Waals surface area contributed by atoms with Gasteiger partial charge in [-0.05, 0) is 43.0 Å². The first-order valence-electron chi connectivity index (χ1n) is 11.0. The maximum Gasteiger partial charge on any atom is 0.336 e. The lowest BCUT2D eigenvalue weighted by atomic mass is 9.72. The molecule has 1 aromatic heterocycles. The van der Waals surface area contributed by atoms with Crippen molar-refractivity contribution in [1.29, 1.82) is 0 Å². The third-order valence-electron chi connectivity index (χ3n) is 6.60. The first-order valence-corrected chi connectivity index (χ1v) is 11.4. The standard InChI is InChI=1S/C27H22ClNO5/c1-14-23(27(32)33-2)24(18-13-34-22-10-6-4-8-17(22)26(18)31)25-20(29-14)11-15(12-21(25)30)16-7-3-5-9-19(16)28/h3-10,13,15,24,29H,11-12H2,1-2H3/t15-,24+/m1/s1. The van der Waals surface area contributed by atoms with Crippen LogP contribution in [-0.2, 0) is 14.3 Å². The maximum atomic E-state index is 13.6. The molecule has 0 saturated carbocycles.